The molecule has 2 saturated heterocycles. The van der Waals surface area contributed by atoms with Gasteiger partial charge in [-0.05, 0) is 46.6 Å². The quantitative estimate of drug-likeness (QED) is 0.408. The van der Waals surface area contributed by atoms with Crippen molar-refractivity contribution in [2.24, 2.45) is 10.4 Å². The highest BCUT2D eigenvalue weighted by Gasteiger charge is 2.42. The first-order chi connectivity index (χ1) is 10.6. The minimum Gasteiger partial charge on any atom is -0.381 e. The van der Waals surface area contributed by atoms with Crippen LogP contribution in [-0.2, 0) is 4.74 Å². The molecule has 5 nitrogen and oxygen atoms in total. The second-order valence-corrected chi connectivity index (χ2v) is 7.41. The maximum Gasteiger partial charge on any atom is 0.193 e. The first kappa shape index (κ1) is 19.2. The predicted octanol–water partition coefficient (Wildman–Crippen LogP) is 2.16. The summed E-state index contributed by atoms with van der Waals surface area (Å²) in [6.07, 6.45) is 5.18. The highest BCUT2D eigenvalue weighted by atomic mass is 127. The molecule has 0 aromatic rings. The monoisotopic (exact) mass is 436 g/mol. The number of ether oxygens (including phenoxy) is 1. The average molecular weight is 436 g/mol. The minimum atomic E-state index is 0. The van der Waals surface area contributed by atoms with Crippen molar-refractivity contribution in [3.63, 3.8) is 0 Å². The molecule has 2 aliphatic heterocycles. The molecule has 1 saturated carbocycles. The van der Waals surface area contributed by atoms with Gasteiger partial charge in [0.05, 0.1) is 13.2 Å². The van der Waals surface area contributed by atoms with Crippen LogP contribution in [0.4, 0.5) is 0 Å². The fourth-order valence-corrected chi connectivity index (χ4v) is 3.70. The molecule has 2 heterocycles. The van der Waals surface area contributed by atoms with Gasteiger partial charge in [0.2, 0.25) is 0 Å². The first-order valence-electron chi connectivity index (χ1n) is 8.96. The molecule has 3 aliphatic rings. The van der Waals surface area contributed by atoms with Crippen LogP contribution in [0.2, 0.25) is 0 Å². The van der Waals surface area contributed by atoms with Crippen LogP contribution >= 0.6 is 24.0 Å². The fourth-order valence-electron chi connectivity index (χ4n) is 3.70. The highest BCUT2D eigenvalue weighted by molar-refractivity contribution is 14.0. The summed E-state index contributed by atoms with van der Waals surface area (Å²) >= 11 is 0. The van der Waals surface area contributed by atoms with Crippen LogP contribution < -0.4 is 5.32 Å². The smallest absolute Gasteiger partial charge is 0.193 e. The Kier molecular flexibility index (Phi) is 6.98. The van der Waals surface area contributed by atoms with E-state index in [2.05, 4.69) is 36.0 Å². The maximum absolute atomic E-state index is 5.64. The van der Waals surface area contributed by atoms with Gasteiger partial charge >= 0.3 is 0 Å². The number of nitrogens with zero attached hydrogens (tertiary/aromatic N) is 3. The molecule has 0 aromatic carbocycles. The van der Waals surface area contributed by atoms with Gasteiger partial charge in [-0.2, -0.15) is 0 Å². The fraction of sp³-hybridized carbons (Fsp3) is 0.941. The molecule has 3 rings (SSSR count). The van der Waals surface area contributed by atoms with E-state index < -0.39 is 0 Å². The van der Waals surface area contributed by atoms with Crippen molar-refractivity contribution in [2.45, 2.75) is 51.6 Å². The Morgan fingerprint density at radius 3 is 2.83 bits per heavy atom. The molecule has 1 spiro atoms. The second kappa shape index (κ2) is 8.34. The first-order valence-corrected chi connectivity index (χ1v) is 8.96. The Morgan fingerprint density at radius 1 is 1.43 bits per heavy atom. The van der Waals surface area contributed by atoms with Gasteiger partial charge in [-0.1, -0.05) is 0 Å². The van der Waals surface area contributed by atoms with Gasteiger partial charge in [0.1, 0.15) is 0 Å². The topological polar surface area (TPSA) is 40.1 Å². The molecule has 0 aromatic heterocycles. The Balaban J connectivity index is 0.00000192. The summed E-state index contributed by atoms with van der Waals surface area (Å²) in [6, 6.07) is 1.33. The summed E-state index contributed by atoms with van der Waals surface area (Å²) in [5.74, 6) is 1.10. The summed E-state index contributed by atoms with van der Waals surface area (Å²) in [7, 11) is 2.24. The van der Waals surface area contributed by atoms with Crippen molar-refractivity contribution in [1.29, 1.82) is 0 Å². The Labute approximate surface area is 158 Å². The van der Waals surface area contributed by atoms with Gasteiger partial charge in [-0.3, -0.25) is 9.89 Å². The molecule has 0 bridgehead atoms. The Hall–Kier alpha value is -0.0800. The van der Waals surface area contributed by atoms with Crippen LogP contribution in [0, 0.1) is 5.41 Å². The molecule has 6 heteroatoms. The summed E-state index contributed by atoms with van der Waals surface area (Å²) in [4.78, 5) is 9.87. The largest absolute Gasteiger partial charge is 0.381 e. The third-order valence-electron chi connectivity index (χ3n) is 5.58. The van der Waals surface area contributed by atoms with Crippen LogP contribution in [0.3, 0.4) is 0 Å². The summed E-state index contributed by atoms with van der Waals surface area (Å²) < 4.78 is 5.64. The molecule has 2 unspecified atom stereocenters. The van der Waals surface area contributed by atoms with Crippen molar-refractivity contribution < 1.29 is 4.74 Å². The number of halogens is 1. The van der Waals surface area contributed by atoms with Crippen molar-refractivity contribution in [2.75, 3.05) is 46.4 Å². The van der Waals surface area contributed by atoms with Crippen LogP contribution in [0.5, 0.6) is 0 Å². The van der Waals surface area contributed by atoms with Gasteiger partial charge in [0.25, 0.3) is 0 Å². The molecule has 3 fully saturated rings. The predicted molar refractivity (Wildman–Crippen MR) is 106 cm³/mol. The zero-order valence-electron chi connectivity index (χ0n) is 14.9. The molecule has 1 N–H and O–H groups in total. The standard InChI is InChI=1S/C17H32N4O.HI/c1-4-18-16(19-11-14(2)20(3)15-5-6-15)21-9-7-17(12-21)8-10-22-13-17;/h14-15H,4-13H2,1-3H3,(H,18,19);1H. The van der Waals surface area contributed by atoms with Crippen LogP contribution in [-0.4, -0.2) is 74.3 Å². The third kappa shape index (κ3) is 4.72. The van der Waals surface area contributed by atoms with E-state index in [0.717, 1.165) is 51.4 Å². The molecular weight excluding hydrogens is 403 g/mol. The summed E-state index contributed by atoms with van der Waals surface area (Å²) in [6.45, 7) is 10.4. The molecule has 134 valence electrons. The van der Waals surface area contributed by atoms with Crippen molar-refractivity contribution >= 4 is 29.9 Å². The minimum absolute atomic E-state index is 0. The maximum atomic E-state index is 5.64. The molecule has 0 radical (unpaired) electrons. The molecular formula is C17H33IN4O. The Bertz CT molecular complexity index is 407. The lowest BCUT2D eigenvalue weighted by Crippen LogP contribution is -2.42. The molecule has 2 atom stereocenters. The van der Waals surface area contributed by atoms with Crippen LogP contribution in [0.15, 0.2) is 4.99 Å². The van der Waals surface area contributed by atoms with Crippen LogP contribution in [0.25, 0.3) is 0 Å². The lowest BCUT2D eigenvalue weighted by Gasteiger charge is -2.27. The number of aliphatic imine (C=N–C) groups is 1. The van der Waals surface area contributed by atoms with Gasteiger partial charge in [-0.15, -0.1) is 24.0 Å². The van der Waals surface area contributed by atoms with Gasteiger partial charge < -0.3 is 15.0 Å². The number of rotatable bonds is 5. The molecule has 0 amide bonds. The lowest BCUT2D eigenvalue weighted by molar-refractivity contribution is 0.156. The molecule has 1 aliphatic carbocycles. The third-order valence-corrected chi connectivity index (χ3v) is 5.58. The van der Waals surface area contributed by atoms with Gasteiger partial charge in [0, 0.05) is 43.7 Å². The average Bonchev–Trinajstić information content (AvgIpc) is 3.15. The zero-order chi connectivity index (χ0) is 15.6. The SMILES string of the molecule is CCNC(=NCC(C)N(C)C1CC1)N1CCC2(CCOC2)C1.I. The second-order valence-electron chi connectivity index (χ2n) is 7.41. The normalized spacial score (nSPS) is 29.2. The number of guanidine groups is 1. The van der Waals surface area contributed by atoms with Crippen molar-refractivity contribution in [3.05, 3.63) is 0 Å². The number of likely N-dealkylation sites (N-methyl/N-ethyl adjacent to an activating group) is 1. The molecule has 23 heavy (non-hydrogen) atoms. The number of likely N-dealkylation sites (tertiary alicyclic amines) is 1. The number of nitrogens with one attached hydrogen (secondary N) is 1. The summed E-state index contributed by atoms with van der Waals surface area (Å²) in [5.41, 5.74) is 0.395. The van der Waals surface area contributed by atoms with E-state index in [0.29, 0.717) is 11.5 Å². The zero-order valence-corrected chi connectivity index (χ0v) is 17.2. The van der Waals surface area contributed by atoms with Crippen LogP contribution in [0.1, 0.15) is 39.5 Å². The van der Waals surface area contributed by atoms with E-state index in [-0.39, 0.29) is 24.0 Å². The number of hydrogen-bond acceptors (Lipinski definition) is 3. The Morgan fingerprint density at radius 2 is 2.22 bits per heavy atom. The summed E-state index contributed by atoms with van der Waals surface area (Å²) in [5, 5.41) is 3.49. The van der Waals surface area contributed by atoms with E-state index in [1.54, 1.807) is 0 Å². The van der Waals surface area contributed by atoms with E-state index in [1.807, 2.05) is 0 Å². The van der Waals surface area contributed by atoms with Crippen molar-refractivity contribution in [1.82, 2.24) is 15.1 Å². The van der Waals surface area contributed by atoms with Crippen molar-refractivity contribution in [3.8, 4) is 0 Å². The lowest BCUT2D eigenvalue weighted by atomic mass is 9.87. The highest BCUT2D eigenvalue weighted by Crippen LogP contribution is 2.38. The van der Waals surface area contributed by atoms with Gasteiger partial charge in [-0.25, -0.2) is 0 Å². The number of hydrogen-bond donors (Lipinski definition) is 1. The van der Waals surface area contributed by atoms with E-state index in [1.165, 1.54) is 25.7 Å². The van der Waals surface area contributed by atoms with Gasteiger partial charge in [0.15, 0.2) is 5.96 Å². The van der Waals surface area contributed by atoms with E-state index in [4.69, 9.17) is 9.73 Å². The van der Waals surface area contributed by atoms with E-state index in [9.17, 15) is 0 Å². The van der Waals surface area contributed by atoms with E-state index >= 15 is 0 Å².